The molecular weight excluding hydrogens is 278 g/mol. The highest BCUT2D eigenvalue weighted by Crippen LogP contribution is 2.15. The van der Waals surface area contributed by atoms with Crippen LogP contribution < -0.4 is 0 Å². The van der Waals surface area contributed by atoms with Gasteiger partial charge < -0.3 is 23.3 Å². The van der Waals surface area contributed by atoms with Gasteiger partial charge in [-0.1, -0.05) is 13.3 Å². The van der Waals surface area contributed by atoms with Crippen LogP contribution in [0.2, 0.25) is 6.04 Å². The van der Waals surface area contributed by atoms with Crippen LogP contribution in [-0.4, -0.2) is 65.7 Å². The number of rotatable bonds is 13. The number of unbranched alkanes of at least 4 members (excludes halogenated alkanes) is 1. The molecule has 0 rings (SSSR count). The molecule has 0 aliphatic carbocycles. The second kappa shape index (κ2) is 11.2. The molecule has 120 valence electrons. The first-order valence-electron chi connectivity index (χ1n) is 7.13. The molecule has 1 N–H and O–H groups in total. The predicted octanol–water partition coefficient (Wildman–Crippen LogP) is 1.83. The molecule has 0 heterocycles. The van der Waals surface area contributed by atoms with E-state index in [1.807, 2.05) is 0 Å². The summed E-state index contributed by atoms with van der Waals surface area (Å²) in [5.74, 6) is -0.749. The van der Waals surface area contributed by atoms with Gasteiger partial charge >= 0.3 is 14.8 Å². The summed E-state index contributed by atoms with van der Waals surface area (Å²) in [6.45, 7) is 4.51. The first-order chi connectivity index (χ1) is 9.53. The maximum absolute atomic E-state index is 10.7. The van der Waals surface area contributed by atoms with Crippen LogP contribution >= 0.6 is 0 Å². The third-order valence-electron chi connectivity index (χ3n) is 3.36. The van der Waals surface area contributed by atoms with Crippen molar-refractivity contribution in [3.63, 3.8) is 0 Å². The van der Waals surface area contributed by atoms with Crippen LogP contribution in [0.3, 0.4) is 0 Å². The number of hydrogen-bond acceptors (Lipinski definition) is 5. The molecule has 20 heavy (non-hydrogen) atoms. The minimum atomic E-state index is -2.50. The van der Waals surface area contributed by atoms with Gasteiger partial charge in [-0.3, -0.25) is 4.79 Å². The predicted molar refractivity (Wildman–Crippen MR) is 79.8 cm³/mol. The lowest BCUT2D eigenvalue weighted by Gasteiger charge is -2.26. The van der Waals surface area contributed by atoms with Gasteiger partial charge in [0.15, 0.2) is 0 Å². The standard InChI is InChI=1S/C13H29NO5Si/c1-5-6-9-14(11-8-13(15)16)10-7-12-20(17-2,18-3)19-4/h5-12H2,1-4H3,(H,15,16). The van der Waals surface area contributed by atoms with Crippen molar-refractivity contribution in [1.29, 1.82) is 0 Å². The molecule has 0 aromatic rings. The summed E-state index contributed by atoms with van der Waals surface area (Å²) in [6.07, 6.45) is 3.26. The van der Waals surface area contributed by atoms with E-state index in [0.717, 1.165) is 38.4 Å². The SMILES string of the molecule is CCCCN(CCC[Si](OC)(OC)OC)CCC(=O)O. The Morgan fingerprint density at radius 3 is 2.05 bits per heavy atom. The van der Waals surface area contributed by atoms with E-state index < -0.39 is 14.8 Å². The Morgan fingerprint density at radius 1 is 1.05 bits per heavy atom. The van der Waals surface area contributed by atoms with Gasteiger partial charge in [0.1, 0.15) is 0 Å². The van der Waals surface area contributed by atoms with Gasteiger partial charge in [-0.25, -0.2) is 0 Å². The highest BCUT2D eigenvalue weighted by atomic mass is 28.4. The van der Waals surface area contributed by atoms with Crippen LogP contribution in [0.1, 0.15) is 32.6 Å². The molecule has 0 bridgehead atoms. The minimum absolute atomic E-state index is 0.186. The Bertz CT molecular complexity index is 253. The molecule has 0 aromatic heterocycles. The van der Waals surface area contributed by atoms with E-state index in [9.17, 15) is 4.79 Å². The van der Waals surface area contributed by atoms with Crippen molar-refractivity contribution >= 4 is 14.8 Å². The van der Waals surface area contributed by atoms with Crippen molar-refractivity contribution in [1.82, 2.24) is 4.90 Å². The smallest absolute Gasteiger partial charge is 0.481 e. The maximum atomic E-state index is 10.7. The van der Waals surface area contributed by atoms with Crippen molar-refractivity contribution in [3.05, 3.63) is 0 Å². The second-order valence-electron chi connectivity index (χ2n) is 4.74. The zero-order chi connectivity index (χ0) is 15.4. The van der Waals surface area contributed by atoms with Crippen molar-refractivity contribution in [3.8, 4) is 0 Å². The first kappa shape index (κ1) is 19.5. The molecule has 0 aliphatic rings. The molecule has 0 spiro atoms. The van der Waals surface area contributed by atoms with Crippen molar-refractivity contribution in [2.24, 2.45) is 0 Å². The van der Waals surface area contributed by atoms with Gasteiger partial charge in [0.25, 0.3) is 0 Å². The minimum Gasteiger partial charge on any atom is -0.481 e. The molecule has 0 aliphatic heterocycles. The number of hydrogen-bond donors (Lipinski definition) is 1. The van der Waals surface area contributed by atoms with Gasteiger partial charge in [0.2, 0.25) is 0 Å². The summed E-state index contributed by atoms with van der Waals surface area (Å²) in [5, 5.41) is 8.78. The Kier molecular flexibility index (Phi) is 10.9. The van der Waals surface area contributed by atoms with Crippen molar-refractivity contribution < 1.29 is 23.2 Å². The summed E-state index contributed by atoms with van der Waals surface area (Å²) in [5.41, 5.74) is 0. The Labute approximate surface area is 123 Å². The Hall–Kier alpha value is -0.473. The van der Waals surface area contributed by atoms with E-state index >= 15 is 0 Å². The summed E-state index contributed by atoms with van der Waals surface area (Å²) in [4.78, 5) is 12.9. The van der Waals surface area contributed by atoms with Crippen LogP contribution in [0.5, 0.6) is 0 Å². The lowest BCUT2D eigenvalue weighted by molar-refractivity contribution is -0.137. The number of carboxylic acid groups (broad SMARTS) is 1. The second-order valence-corrected chi connectivity index (χ2v) is 7.83. The van der Waals surface area contributed by atoms with Crippen molar-refractivity contribution in [2.45, 2.75) is 38.7 Å². The van der Waals surface area contributed by atoms with Gasteiger partial charge in [0.05, 0.1) is 6.42 Å². The molecule has 7 heteroatoms. The number of carboxylic acids is 1. The first-order valence-corrected chi connectivity index (χ1v) is 9.06. The zero-order valence-electron chi connectivity index (χ0n) is 13.2. The van der Waals surface area contributed by atoms with Gasteiger partial charge in [-0.05, 0) is 25.9 Å². The Morgan fingerprint density at radius 2 is 1.60 bits per heavy atom. The lowest BCUT2D eigenvalue weighted by atomic mass is 10.3. The average molecular weight is 307 g/mol. The van der Waals surface area contributed by atoms with E-state index in [-0.39, 0.29) is 6.42 Å². The maximum Gasteiger partial charge on any atom is 0.500 e. The van der Waals surface area contributed by atoms with Gasteiger partial charge in [-0.15, -0.1) is 0 Å². The molecule has 0 atom stereocenters. The lowest BCUT2D eigenvalue weighted by Crippen LogP contribution is -2.43. The van der Waals surface area contributed by atoms with Crippen LogP contribution in [-0.2, 0) is 18.1 Å². The van der Waals surface area contributed by atoms with Crippen molar-refractivity contribution in [2.75, 3.05) is 41.0 Å². The van der Waals surface area contributed by atoms with Crippen LogP contribution in [0.25, 0.3) is 0 Å². The number of nitrogens with zero attached hydrogens (tertiary/aromatic N) is 1. The molecule has 0 radical (unpaired) electrons. The molecule has 6 nitrogen and oxygen atoms in total. The largest absolute Gasteiger partial charge is 0.500 e. The average Bonchev–Trinajstić information content (AvgIpc) is 2.46. The van der Waals surface area contributed by atoms with Gasteiger partial charge in [0, 0.05) is 33.9 Å². The third-order valence-corrected chi connectivity index (χ3v) is 6.19. The Balaban J connectivity index is 4.19. The molecular formula is C13H29NO5Si. The molecule has 0 saturated carbocycles. The molecule has 0 amide bonds. The molecule has 0 fully saturated rings. The van der Waals surface area contributed by atoms with Crippen LogP contribution in [0.15, 0.2) is 0 Å². The number of aliphatic carboxylic acids is 1. The van der Waals surface area contributed by atoms with E-state index in [1.54, 1.807) is 21.3 Å². The zero-order valence-corrected chi connectivity index (χ0v) is 14.2. The highest BCUT2D eigenvalue weighted by molar-refractivity contribution is 6.60. The highest BCUT2D eigenvalue weighted by Gasteiger charge is 2.36. The van der Waals surface area contributed by atoms with Crippen LogP contribution in [0, 0.1) is 0 Å². The van der Waals surface area contributed by atoms with E-state index in [4.69, 9.17) is 18.4 Å². The summed E-state index contributed by atoms with van der Waals surface area (Å²) in [7, 11) is 2.33. The van der Waals surface area contributed by atoms with E-state index in [2.05, 4.69) is 11.8 Å². The fourth-order valence-electron chi connectivity index (χ4n) is 2.05. The van der Waals surface area contributed by atoms with Gasteiger partial charge in [-0.2, -0.15) is 0 Å². The number of carbonyl (C=O) groups is 1. The van der Waals surface area contributed by atoms with E-state index in [0.29, 0.717) is 6.54 Å². The molecule has 0 unspecified atom stereocenters. The van der Waals surface area contributed by atoms with E-state index in [1.165, 1.54) is 0 Å². The topological polar surface area (TPSA) is 68.2 Å². The quantitative estimate of drug-likeness (QED) is 0.524. The summed E-state index contributed by atoms with van der Waals surface area (Å²) >= 11 is 0. The summed E-state index contributed by atoms with van der Waals surface area (Å²) in [6, 6.07) is 0.742. The monoisotopic (exact) mass is 307 g/mol. The fraction of sp³-hybridized carbons (Fsp3) is 0.923. The van der Waals surface area contributed by atoms with Crippen LogP contribution in [0.4, 0.5) is 0 Å². The third kappa shape index (κ3) is 7.96. The molecule has 0 saturated heterocycles. The normalized spacial score (nSPS) is 12.1. The summed E-state index contributed by atoms with van der Waals surface area (Å²) < 4.78 is 16.1. The fourth-order valence-corrected chi connectivity index (χ4v) is 3.75. The molecule has 0 aromatic carbocycles.